The van der Waals surface area contributed by atoms with Crippen molar-refractivity contribution in [2.75, 3.05) is 11.9 Å². The zero-order chi connectivity index (χ0) is 15.5. The van der Waals surface area contributed by atoms with Crippen LogP contribution in [0.1, 0.15) is 22.5 Å². The van der Waals surface area contributed by atoms with Crippen LogP contribution >= 0.6 is 11.3 Å². The highest BCUT2D eigenvalue weighted by molar-refractivity contribution is 7.18. The van der Waals surface area contributed by atoms with Crippen molar-refractivity contribution in [3.63, 3.8) is 0 Å². The van der Waals surface area contributed by atoms with Crippen molar-refractivity contribution < 1.29 is 19.4 Å². The predicted octanol–water partition coefficient (Wildman–Crippen LogP) is 3.23. The van der Waals surface area contributed by atoms with Crippen molar-refractivity contribution in [3.05, 3.63) is 41.3 Å². The first-order valence-corrected chi connectivity index (χ1v) is 7.82. The number of anilines is 1. The number of carbonyl (C=O) groups excluding carboxylic acids is 1. The van der Waals surface area contributed by atoms with Gasteiger partial charge in [-0.05, 0) is 24.5 Å². The molecule has 0 aliphatic carbocycles. The first-order valence-electron chi connectivity index (χ1n) is 7.00. The van der Waals surface area contributed by atoms with Crippen LogP contribution in [0.2, 0.25) is 0 Å². The lowest BCUT2D eigenvalue weighted by Crippen LogP contribution is -2.27. The van der Waals surface area contributed by atoms with Crippen LogP contribution in [-0.4, -0.2) is 29.7 Å². The summed E-state index contributed by atoms with van der Waals surface area (Å²) < 4.78 is 5.32. The van der Waals surface area contributed by atoms with Crippen molar-refractivity contribution in [1.82, 2.24) is 0 Å². The van der Waals surface area contributed by atoms with Crippen LogP contribution < -0.4 is 5.32 Å². The van der Waals surface area contributed by atoms with Crippen LogP contribution in [0.15, 0.2) is 36.4 Å². The molecule has 1 fully saturated rings. The molecule has 2 aromatic rings. The Labute approximate surface area is 131 Å². The summed E-state index contributed by atoms with van der Waals surface area (Å²) in [6, 6.07) is 11.2. The molecule has 114 valence electrons. The monoisotopic (exact) mass is 317 g/mol. The van der Waals surface area contributed by atoms with Crippen molar-refractivity contribution in [3.8, 4) is 10.4 Å². The SMILES string of the molecule is O=C(O)c1sc(-c2ccccc2)cc1NC(=O)[C@H]1CCCO1. The second-order valence-corrected chi connectivity index (χ2v) is 6.07. The average molecular weight is 317 g/mol. The van der Waals surface area contributed by atoms with Crippen LogP contribution in [0, 0.1) is 0 Å². The van der Waals surface area contributed by atoms with Crippen molar-refractivity contribution >= 4 is 28.9 Å². The van der Waals surface area contributed by atoms with Gasteiger partial charge in [0.05, 0.1) is 5.69 Å². The Bertz CT molecular complexity index is 689. The Hall–Kier alpha value is -2.18. The summed E-state index contributed by atoms with van der Waals surface area (Å²) in [4.78, 5) is 24.4. The third-order valence-electron chi connectivity index (χ3n) is 3.46. The van der Waals surface area contributed by atoms with Crippen LogP contribution in [0.4, 0.5) is 5.69 Å². The molecule has 0 unspecified atom stereocenters. The minimum Gasteiger partial charge on any atom is -0.477 e. The molecule has 2 N–H and O–H groups in total. The summed E-state index contributed by atoms with van der Waals surface area (Å²) in [6.07, 6.45) is 1.04. The Balaban J connectivity index is 1.87. The third kappa shape index (κ3) is 3.03. The first-order chi connectivity index (χ1) is 10.6. The predicted molar refractivity (Wildman–Crippen MR) is 84.3 cm³/mol. The number of hydrogen-bond acceptors (Lipinski definition) is 4. The van der Waals surface area contributed by atoms with Gasteiger partial charge in [0.2, 0.25) is 0 Å². The average Bonchev–Trinajstić information content (AvgIpc) is 3.17. The molecule has 1 aromatic heterocycles. The molecule has 6 heteroatoms. The number of carboxylic acid groups (broad SMARTS) is 1. The van der Waals surface area contributed by atoms with E-state index in [4.69, 9.17) is 4.74 Å². The lowest BCUT2D eigenvalue weighted by molar-refractivity contribution is -0.124. The summed E-state index contributed by atoms with van der Waals surface area (Å²) in [5, 5.41) is 12.0. The summed E-state index contributed by atoms with van der Waals surface area (Å²) in [5.74, 6) is -1.33. The molecule has 22 heavy (non-hydrogen) atoms. The van der Waals surface area contributed by atoms with Gasteiger partial charge in [-0.15, -0.1) is 11.3 Å². The van der Waals surface area contributed by atoms with E-state index in [1.54, 1.807) is 6.07 Å². The second-order valence-electron chi connectivity index (χ2n) is 5.02. The Kier molecular flexibility index (Phi) is 4.22. The topological polar surface area (TPSA) is 75.6 Å². The Morgan fingerprint density at radius 3 is 2.68 bits per heavy atom. The van der Waals surface area contributed by atoms with E-state index in [9.17, 15) is 14.7 Å². The van der Waals surface area contributed by atoms with Crippen molar-refractivity contribution in [2.24, 2.45) is 0 Å². The standard InChI is InChI=1S/C16H15NO4S/c18-15(12-7-4-8-21-12)17-11-9-13(22-14(11)16(19)20)10-5-2-1-3-6-10/h1-3,5-6,9,12H,4,7-8H2,(H,17,18)(H,19,20)/t12-/m1/s1. The number of ether oxygens (including phenoxy) is 1. The van der Waals surface area contributed by atoms with E-state index in [2.05, 4.69) is 5.32 Å². The number of amides is 1. The van der Waals surface area contributed by atoms with Gasteiger partial charge in [-0.25, -0.2) is 4.79 Å². The molecule has 1 aromatic carbocycles. The molecule has 0 radical (unpaired) electrons. The molecule has 5 nitrogen and oxygen atoms in total. The molecule has 3 rings (SSSR count). The third-order valence-corrected chi connectivity index (χ3v) is 4.64. The summed E-state index contributed by atoms with van der Waals surface area (Å²) in [5.41, 5.74) is 1.25. The zero-order valence-corrected chi connectivity index (χ0v) is 12.6. The highest BCUT2D eigenvalue weighted by Gasteiger charge is 2.26. The fourth-order valence-corrected chi connectivity index (χ4v) is 3.34. The fraction of sp³-hybridized carbons (Fsp3) is 0.250. The van der Waals surface area contributed by atoms with E-state index in [1.807, 2.05) is 30.3 Å². The van der Waals surface area contributed by atoms with Gasteiger partial charge in [0.25, 0.3) is 5.91 Å². The largest absolute Gasteiger partial charge is 0.477 e. The summed E-state index contributed by atoms with van der Waals surface area (Å²) in [7, 11) is 0. The first kappa shape index (κ1) is 14.7. The van der Waals surface area contributed by atoms with Crippen LogP contribution in [0.5, 0.6) is 0 Å². The van der Waals surface area contributed by atoms with E-state index in [1.165, 1.54) is 0 Å². The minimum atomic E-state index is -1.05. The number of carbonyl (C=O) groups is 2. The zero-order valence-electron chi connectivity index (χ0n) is 11.7. The van der Waals surface area contributed by atoms with Gasteiger partial charge in [-0.3, -0.25) is 4.79 Å². The van der Waals surface area contributed by atoms with Crippen molar-refractivity contribution in [1.29, 1.82) is 0 Å². The molecule has 0 saturated carbocycles. The lowest BCUT2D eigenvalue weighted by Gasteiger charge is -2.09. The molecule has 1 atom stereocenters. The number of thiophene rings is 1. The van der Waals surface area contributed by atoms with E-state index in [0.29, 0.717) is 18.7 Å². The van der Waals surface area contributed by atoms with Crippen LogP contribution in [0.3, 0.4) is 0 Å². The summed E-state index contributed by atoms with van der Waals surface area (Å²) >= 11 is 1.15. The number of aromatic carboxylic acids is 1. The molecule has 0 spiro atoms. The van der Waals surface area contributed by atoms with E-state index >= 15 is 0 Å². The molecular weight excluding hydrogens is 302 g/mol. The number of hydrogen-bond donors (Lipinski definition) is 2. The Morgan fingerprint density at radius 2 is 2.05 bits per heavy atom. The fourth-order valence-electron chi connectivity index (χ4n) is 2.39. The number of nitrogens with one attached hydrogen (secondary N) is 1. The maximum Gasteiger partial charge on any atom is 0.348 e. The second kappa shape index (κ2) is 6.29. The van der Waals surface area contributed by atoms with Gasteiger partial charge in [0, 0.05) is 11.5 Å². The molecule has 0 bridgehead atoms. The van der Waals surface area contributed by atoms with Crippen LogP contribution in [0.25, 0.3) is 10.4 Å². The molecule has 1 aliphatic rings. The van der Waals surface area contributed by atoms with Gasteiger partial charge >= 0.3 is 5.97 Å². The number of rotatable bonds is 4. The van der Waals surface area contributed by atoms with Gasteiger partial charge in [0.1, 0.15) is 11.0 Å². The maximum atomic E-state index is 12.1. The van der Waals surface area contributed by atoms with E-state index in [0.717, 1.165) is 28.2 Å². The highest BCUT2D eigenvalue weighted by atomic mass is 32.1. The molecule has 1 amide bonds. The van der Waals surface area contributed by atoms with Gasteiger partial charge in [-0.1, -0.05) is 30.3 Å². The smallest absolute Gasteiger partial charge is 0.348 e. The highest BCUT2D eigenvalue weighted by Crippen LogP contribution is 2.35. The number of carboxylic acids is 1. The molecule has 2 heterocycles. The van der Waals surface area contributed by atoms with E-state index in [-0.39, 0.29) is 10.8 Å². The molecular formula is C16H15NO4S. The molecule has 1 saturated heterocycles. The lowest BCUT2D eigenvalue weighted by atomic mass is 10.2. The Morgan fingerprint density at radius 1 is 1.27 bits per heavy atom. The van der Waals surface area contributed by atoms with Crippen LogP contribution in [-0.2, 0) is 9.53 Å². The van der Waals surface area contributed by atoms with Crippen molar-refractivity contribution in [2.45, 2.75) is 18.9 Å². The van der Waals surface area contributed by atoms with Gasteiger partial charge < -0.3 is 15.2 Å². The quantitative estimate of drug-likeness (QED) is 0.908. The minimum absolute atomic E-state index is 0.130. The van der Waals surface area contributed by atoms with Gasteiger partial charge in [0.15, 0.2) is 0 Å². The summed E-state index contributed by atoms with van der Waals surface area (Å²) in [6.45, 7) is 0.572. The maximum absolute atomic E-state index is 12.1. The number of benzene rings is 1. The van der Waals surface area contributed by atoms with Gasteiger partial charge in [-0.2, -0.15) is 0 Å². The molecule has 1 aliphatic heterocycles. The van der Waals surface area contributed by atoms with E-state index < -0.39 is 12.1 Å². The normalized spacial score (nSPS) is 17.4.